The molecule has 0 aliphatic carbocycles. The van der Waals surface area contributed by atoms with Gasteiger partial charge in [0.15, 0.2) is 17.3 Å². The predicted molar refractivity (Wildman–Crippen MR) is 70.1 cm³/mol. The van der Waals surface area contributed by atoms with Crippen molar-refractivity contribution in [1.82, 2.24) is 0 Å². The summed E-state index contributed by atoms with van der Waals surface area (Å²) in [5, 5.41) is 0. The third-order valence-electron chi connectivity index (χ3n) is 3.29. The van der Waals surface area contributed by atoms with E-state index in [1.807, 2.05) is 13.8 Å². The fraction of sp³-hybridized carbons (Fsp3) is 0.533. The van der Waals surface area contributed by atoms with E-state index in [1.165, 1.54) is 19.1 Å². The Balaban J connectivity index is 2.08. The number of halogens is 1. The topological polar surface area (TPSA) is 35.5 Å². The van der Waals surface area contributed by atoms with E-state index in [4.69, 9.17) is 9.47 Å². The van der Waals surface area contributed by atoms with Crippen LogP contribution in [0, 0.1) is 5.82 Å². The Bertz CT molecular complexity index is 462. The molecule has 0 radical (unpaired) electrons. The lowest BCUT2D eigenvalue weighted by Crippen LogP contribution is -2.35. The summed E-state index contributed by atoms with van der Waals surface area (Å²) in [6.07, 6.45) is 1.69. The van der Waals surface area contributed by atoms with Gasteiger partial charge in [-0.05, 0) is 39.0 Å². The van der Waals surface area contributed by atoms with Gasteiger partial charge in [-0.25, -0.2) is 4.39 Å². The number of carbonyl (C=O) groups excluding carboxylic acids is 1. The first kappa shape index (κ1) is 14.0. The second-order valence-electron chi connectivity index (χ2n) is 5.17. The maximum atomic E-state index is 13.9. The maximum Gasteiger partial charge on any atom is 0.165 e. The highest BCUT2D eigenvalue weighted by atomic mass is 19.1. The Morgan fingerprint density at radius 2 is 1.95 bits per heavy atom. The fourth-order valence-corrected chi connectivity index (χ4v) is 2.44. The first-order valence-corrected chi connectivity index (χ1v) is 6.58. The normalized spacial score (nSPS) is 27.1. The molecule has 1 aromatic carbocycles. The average Bonchev–Trinajstić information content (AvgIpc) is 2.30. The molecule has 0 saturated carbocycles. The van der Waals surface area contributed by atoms with Crippen molar-refractivity contribution in [1.29, 1.82) is 0 Å². The Morgan fingerprint density at radius 3 is 2.47 bits per heavy atom. The first-order valence-electron chi connectivity index (χ1n) is 6.58. The number of hydrogen-bond donors (Lipinski definition) is 0. The molecular formula is C15H19FO3. The van der Waals surface area contributed by atoms with Crippen molar-refractivity contribution in [3.63, 3.8) is 0 Å². The van der Waals surface area contributed by atoms with Gasteiger partial charge in [-0.1, -0.05) is 0 Å². The molecule has 19 heavy (non-hydrogen) atoms. The van der Waals surface area contributed by atoms with E-state index in [0.29, 0.717) is 5.56 Å². The summed E-state index contributed by atoms with van der Waals surface area (Å²) in [5.74, 6) is -0.436. The Hall–Kier alpha value is -1.42. The second kappa shape index (κ2) is 5.70. The lowest BCUT2D eigenvalue weighted by Gasteiger charge is -2.32. The van der Waals surface area contributed by atoms with Crippen LogP contribution >= 0.6 is 0 Å². The molecule has 0 spiro atoms. The first-order chi connectivity index (χ1) is 8.95. The molecule has 4 heteroatoms. The van der Waals surface area contributed by atoms with E-state index in [9.17, 15) is 9.18 Å². The Kier molecular flexibility index (Phi) is 4.20. The zero-order chi connectivity index (χ0) is 14.0. The van der Waals surface area contributed by atoms with Crippen LogP contribution < -0.4 is 4.74 Å². The van der Waals surface area contributed by atoms with Gasteiger partial charge in [0, 0.05) is 18.4 Å². The van der Waals surface area contributed by atoms with Gasteiger partial charge in [0.1, 0.15) is 6.10 Å². The number of ether oxygens (including phenoxy) is 2. The molecule has 1 aliphatic heterocycles. The van der Waals surface area contributed by atoms with Crippen LogP contribution in [0.2, 0.25) is 0 Å². The monoisotopic (exact) mass is 266 g/mol. The van der Waals surface area contributed by atoms with Gasteiger partial charge in [-0.15, -0.1) is 0 Å². The van der Waals surface area contributed by atoms with Crippen molar-refractivity contribution in [2.24, 2.45) is 0 Å². The average molecular weight is 266 g/mol. The van der Waals surface area contributed by atoms with Crippen molar-refractivity contribution in [2.45, 2.75) is 51.9 Å². The largest absolute Gasteiger partial charge is 0.487 e. The molecule has 3 nitrogen and oxygen atoms in total. The molecule has 2 atom stereocenters. The summed E-state index contributed by atoms with van der Waals surface area (Å²) in [7, 11) is 0. The van der Waals surface area contributed by atoms with Gasteiger partial charge in [0.05, 0.1) is 12.2 Å². The number of hydrogen-bond acceptors (Lipinski definition) is 3. The molecule has 0 aromatic heterocycles. The summed E-state index contributed by atoms with van der Waals surface area (Å²) in [5.41, 5.74) is 0.360. The highest BCUT2D eigenvalue weighted by Gasteiger charge is 2.26. The summed E-state index contributed by atoms with van der Waals surface area (Å²) in [6, 6.07) is 4.34. The van der Waals surface area contributed by atoms with E-state index >= 15 is 0 Å². The lowest BCUT2D eigenvalue weighted by molar-refractivity contribution is -0.0727. The van der Waals surface area contributed by atoms with E-state index in [0.717, 1.165) is 12.8 Å². The lowest BCUT2D eigenvalue weighted by atomic mass is 10.0. The summed E-state index contributed by atoms with van der Waals surface area (Å²) in [6.45, 7) is 5.39. The third kappa shape index (κ3) is 3.53. The number of Topliss-reactive ketones (excluding diaryl/α,β-unsaturated/α-hetero) is 1. The van der Waals surface area contributed by atoms with Gasteiger partial charge < -0.3 is 9.47 Å². The third-order valence-corrected chi connectivity index (χ3v) is 3.29. The van der Waals surface area contributed by atoms with E-state index in [2.05, 4.69) is 0 Å². The molecule has 0 amide bonds. The molecule has 1 fully saturated rings. The van der Waals surface area contributed by atoms with Crippen molar-refractivity contribution >= 4 is 5.78 Å². The van der Waals surface area contributed by atoms with Crippen molar-refractivity contribution in [3.05, 3.63) is 29.6 Å². The minimum atomic E-state index is -0.487. The van der Waals surface area contributed by atoms with Gasteiger partial charge in [-0.2, -0.15) is 0 Å². The second-order valence-corrected chi connectivity index (χ2v) is 5.17. The molecule has 0 N–H and O–H groups in total. The minimum Gasteiger partial charge on any atom is -0.487 e. The quantitative estimate of drug-likeness (QED) is 0.787. The molecule has 0 bridgehead atoms. The maximum absolute atomic E-state index is 13.9. The van der Waals surface area contributed by atoms with Crippen LogP contribution in [0.25, 0.3) is 0 Å². The van der Waals surface area contributed by atoms with Gasteiger partial charge in [0.25, 0.3) is 0 Å². The van der Waals surface area contributed by atoms with Crippen LogP contribution in [0.15, 0.2) is 18.2 Å². The molecule has 2 unspecified atom stereocenters. The number of ketones is 1. The number of benzene rings is 1. The van der Waals surface area contributed by atoms with Gasteiger partial charge >= 0.3 is 0 Å². The van der Waals surface area contributed by atoms with Crippen molar-refractivity contribution < 1.29 is 18.7 Å². The van der Waals surface area contributed by atoms with Crippen molar-refractivity contribution in [2.75, 3.05) is 0 Å². The summed E-state index contributed by atoms with van der Waals surface area (Å²) < 4.78 is 25.2. The summed E-state index contributed by atoms with van der Waals surface area (Å²) in [4.78, 5) is 11.2. The Labute approximate surface area is 112 Å². The number of carbonyl (C=O) groups is 1. The van der Waals surface area contributed by atoms with Crippen molar-refractivity contribution in [3.8, 4) is 5.75 Å². The van der Waals surface area contributed by atoms with E-state index < -0.39 is 5.82 Å². The number of rotatable bonds is 3. The SMILES string of the molecule is CC(=O)c1ccc(OC2CC(C)OC(C)C2)c(F)c1. The predicted octanol–water partition coefficient (Wildman–Crippen LogP) is 3.36. The van der Waals surface area contributed by atoms with E-state index in [1.54, 1.807) is 6.07 Å². The molecule has 1 aromatic rings. The molecule has 104 valence electrons. The highest BCUT2D eigenvalue weighted by Crippen LogP contribution is 2.26. The van der Waals surface area contributed by atoms with Crippen LogP contribution in [-0.2, 0) is 4.74 Å². The van der Waals surface area contributed by atoms with Crippen LogP contribution in [0.3, 0.4) is 0 Å². The minimum absolute atomic E-state index is 0.0450. The zero-order valence-corrected chi connectivity index (χ0v) is 11.5. The van der Waals surface area contributed by atoms with Gasteiger partial charge in [0.2, 0.25) is 0 Å². The smallest absolute Gasteiger partial charge is 0.165 e. The zero-order valence-electron chi connectivity index (χ0n) is 11.5. The Morgan fingerprint density at radius 1 is 1.32 bits per heavy atom. The molecule has 1 aliphatic rings. The van der Waals surface area contributed by atoms with Crippen LogP contribution in [0.1, 0.15) is 44.0 Å². The molecule has 1 saturated heterocycles. The van der Waals surface area contributed by atoms with Gasteiger partial charge in [-0.3, -0.25) is 4.79 Å². The highest BCUT2D eigenvalue weighted by molar-refractivity contribution is 5.94. The van der Waals surface area contributed by atoms with Crippen LogP contribution in [0.4, 0.5) is 4.39 Å². The standard InChI is InChI=1S/C15H19FO3/c1-9-6-13(7-10(2)18-9)19-15-5-4-12(11(3)17)8-14(15)16/h4-5,8-10,13H,6-7H2,1-3H3. The van der Waals surface area contributed by atoms with Crippen LogP contribution in [0.5, 0.6) is 5.75 Å². The van der Waals surface area contributed by atoms with E-state index in [-0.39, 0.29) is 29.8 Å². The summed E-state index contributed by atoms with van der Waals surface area (Å²) >= 11 is 0. The molecular weight excluding hydrogens is 247 g/mol. The molecule has 1 heterocycles. The molecule has 2 rings (SSSR count). The van der Waals surface area contributed by atoms with Crippen LogP contribution in [-0.4, -0.2) is 24.1 Å². The fourth-order valence-electron chi connectivity index (χ4n) is 2.44.